The van der Waals surface area contributed by atoms with Crippen LogP contribution in [0.25, 0.3) is 5.57 Å². The average molecular weight is 603 g/mol. The number of alkyl halides is 3. The number of amides is 1. The summed E-state index contributed by atoms with van der Waals surface area (Å²) in [5.74, 6) is -4.65. The summed E-state index contributed by atoms with van der Waals surface area (Å²) in [5, 5.41) is 12.9. The third-order valence-corrected chi connectivity index (χ3v) is 6.78. The summed E-state index contributed by atoms with van der Waals surface area (Å²) in [4.78, 5) is 49.4. The second kappa shape index (κ2) is 13.1. The number of benzene rings is 2. The largest absolute Gasteiger partial charge is 0.504 e. The number of nitrogens with zero attached hydrogens (tertiary/aromatic N) is 1. The van der Waals surface area contributed by atoms with Gasteiger partial charge >= 0.3 is 24.1 Å². The number of hydrogen-bond acceptors (Lipinski definition) is 9. The first kappa shape index (κ1) is 31.3. The smallest absolute Gasteiger partial charge is 0.491 e. The number of phenolic OH excluding ortho intramolecular Hbond substituents is 1. The van der Waals surface area contributed by atoms with E-state index in [-0.39, 0.29) is 42.7 Å². The number of carbonyl (C=O) groups excluding carboxylic acids is 4. The summed E-state index contributed by atoms with van der Waals surface area (Å²) >= 11 is 0. The molecule has 0 aliphatic carbocycles. The van der Waals surface area contributed by atoms with Crippen LogP contribution in [0.3, 0.4) is 0 Å². The second-order valence-electron chi connectivity index (χ2n) is 10.1. The van der Waals surface area contributed by atoms with Crippen LogP contribution in [0.2, 0.25) is 0 Å². The van der Waals surface area contributed by atoms with E-state index in [9.17, 15) is 37.5 Å². The van der Waals surface area contributed by atoms with Gasteiger partial charge in [0.25, 0.3) is 0 Å². The highest BCUT2D eigenvalue weighted by Gasteiger charge is 2.42. The monoisotopic (exact) mass is 602 g/mol. The average Bonchev–Trinajstić information content (AvgIpc) is 3.22. The van der Waals surface area contributed by atoms with Crippen molar-refractivity contribution in [1.82, 2.24) is 4.90 Å². The van der Waals surface area contributed by atoms with Crippen molar-refractivity contribution in [2.75, 3.05) is 18.9 Å². The van der Waals surface area contributed by atoms with Crippen LogP contribution in [-0.4, -0.2) is 65.8 Å². The molecule has 4 rings (SSSR count). The Balaban J connectivity index is 1.23. The van der Waals surface area contributed by atoms with E-state index in [1.54, 1.807) is 6.07 Å². The maximum atomic E-state index is 12.5. The first-order chi connectivity index (χ1) is 20.3. The molecule has 0 unspecified atom stereocenters. The van der Waals surface area contributed by atoms with Gasteiger partial charge in [0.2, 0.25) is 5.91 Å². The highest BCUT2D eigenvalue weighted by atomic mass is 19.4. The summed E-state index contributed by atoms with van der Waals surface area (Å²) in [6, 6.07) is 8.16. The number of esters is 3. The molecule has 0 radical (unpaired) electrons. The van der Waals surface area contributed by atoms with Gasteiger partial charge in [-0.1, -0.05) is 24.8 Å². The second-order valence-corrected chi connectivity index (χ2v) is 10.1. The van der Waals surface area contributed by atoms with Crippen LogP contribution >= 0.6 is 0 Å². The van der Waals surface area contributed by atoms with E-state index in [4.69, 9.17) is 9.47 Å². The van der Waals surface area contributed by atoms with Crippen molar-refractivity contribution in [3.63, 3.8) is 0 Å². The zero-order valence-electron chi connectivity index (χ0n) is 23.1. The van der Waals surface area contributed by atoms with E-state index < -0.39 is 42.2 Å². The Morgan fingerprint density at radius 3 is 2.56 bits per heavy atom. The molecule has 1 amide bonds. The zero-order chi connectivity index (χ0) is 31.3. The van der Waals surface area contributed by atoms with Crippen LogP contribution in [0.4, 0.5) is 18.9 Å². The Morgan fingerprint density at radius 2 is 1.88 bits per heavy atom. The van der Waals surface area contributed by atoms with Gasteiger partial charge in [-0.05, 0) is 49.4 Å². The van der Waals surface area contributed by atoms with Crippen molar-refractivity contribution in [3.05, 3.63) is 71.8 Å². The van der Waals surface area contributed by atoms with Crippen molar-refractivity contribution < 1.29 is 51.7 Å². The molecule has 43 heavy (non-hydrogen) atoms. The van der Waals surface area contributed by atoms with Crippen LogP contribution in [0, 0.1) is 0 Å². The third kappa shape index (κ3) is 7.80. The normalized spacial score (nSPS) is 16.6. The molecule has 0 saturated heterocycles. The van der Waals surface area contributed by atoms with Crippen molar-refractivity contribution in [1.29, 1.82) is 0 Å². The van der Waals surface area contributed by atoms with Crippen molar-refractivity contribution in [3.8, 4) is 11.5 Å². The fourth-order valence-corrected chi connectivity index (χ4v) is 4.70. The van der Waals surface area contributed by atoms with Gasteiger partial charge in [-0.25, -0.2) is 9.59 Å². The first-order valence-corrected chi connectivity index (χ1v) is 13.3. The lowest BCUT2D eigenvalue weighted by molar-refractivity contribution is -0.193. The Kier molecular flexibility index (Phi) is 9.54. The van der Waals surface area contributed by atoms with Crippen LogP contribution in [0.1, 0.15) is 47.2 Å². The highest BCUT2D eigenvalue weighted by molar-refractivity contribution is 5.99. The number of phenols is 1. The minimum absolute atomic E-state index is 0.0398. The summed E-state index contributed by atoms with van der Waals surface area (Å²) in [5.41, 5.74) is 2.73. The molecule has 10 nitrogen and oxygen atoms in total. The fraction of sp³-hybridized carbons (Fsp3) is 0.333. The summed E-state index contributed by atoms with van der Waals surface area (Å²) in [7, 11) is 1.99. The molecule has 0 saturated carbocycles. The fourth-order valence-electron chi connectivity index (χ4n) is 4.70. The van der Waals surface area contributed by atoms with E-state index in [2.05, 4.69) is 21.5 Å². The standard InChI is InChI=1S/C30H29F3N2O8/c1-3-20(15-23-21-13-14-35(2)16-18-9-12-22(36)27(42-23)26(18)21)41-25(38)6-4-5-24(37)34-19-10-7-17(8-11-19)28(39)43-29(40)30(31,32)33/h3,7-13,20,23,36H,1,4-6,14-16H2,2H3,(H,34,37)/t20-,23-/m0/s1. The highest BCUT2D eigenvalue weighted by Crippen LogP contribution is 2.47. The van der Waals surface area contributed by atoms with E-state index >= 15 is 0 Å². The summed E-state index contributed by atoms with van der Waals surface area (Å²) in [6.07, 6.45) is -2.54. The number of likely N-dealkylation sites (N-methyl/N-ethyl adjacent to an activating group) is 1. The molecule has 13 heteroatoms. The Labute approximate surface area is 244 Å². The molecule has 2 heterocycles. The molecule has 2 N–H and O–H groups in total. The molecule has 2 aromatic carbocycles. The van der Waals surface area contributed by atoms with Crippen molar-refractivity contribution >= 4 is 35.1 Å². The molecule has 2 atom stereocenters. The van der Waals surface area contributed by atoms with Crippen molar-refractivity contribution in [2.24, 2.45) is 0 Å². The number of carbonyl (C=O) groups is 4. The zero-order valence-corrected chi connectivity index (χ0v) is 23.1. The molecule has 2 aliphatic rings. The van der Waals surface area contributed by atoms with Gasteiger partial charge in [-0.3, -0.25) is 14.5 Å². The lowest BCUT2D eigenvalue weighted by Gasteiger charge is -2.19. The van der Waals surface area contributed by atoms with Crippen LogP contribution in [0.15, 0.2) is 55.1 Å². The van der Waals surface area contributed by atoms with Gasteiger partial charge in [0.15, 0.2) is 11.5 Å². The lowest BCUT2D eigenvalue weighted by Crippen LogP contribution is -2.28. The van der Waals surface area contributed by atoms with E-state index in [1.165, 1.54) is 18.2 Å². The predicted octanol–water partition coefficient (Wildman–Crippen LogP) is 4.52. The quantitative estimate of drug-likeness (QED) is 0.229. The SMILES string of the molecule is C=C[C@@H](C[C@@H]1Oc2c(O)ccc3c2C1=CCN(C)C3)OC(=O)CCCC(=O)Nc1ccc(C(=O)OC(=O)C(F)(F)F)cc1. The number of anilines is 1. The summed E-state index contributed by atoms with van der Waals surface area (Å²) in [6.45, 7) is 5.14. The van der Waals surface area contributed by atoms with E-state index in [0.717, 1.165) is 28.8 Å². The summed E-state index contributed by atoms with van der Waals surface area (Å²) < 4.78 is 52.1. The minimum Gasteiger partial charge on any atom is -0.504 e. The Bertz CT molecular complexity index is 1450. The molecular formula is C30H29F3N2O8. The van der Waals surface area contributed by atoms with Gasteiger partial charge in [0.1, 0.15) is 12.2 Å². The van der Waals surface area contributed by atoms with E-state index in [0.29, 0.717) is 18.8 Å². The van der Waals surface area contributed by atoms with Crippen LogP contribution < -0.4 is 10.1 Å². The molecule has 2 aliphatic heterocycles. The van der Waals surface area contributed by atoms with Gasteiger partial charge in [0.05, 0.1) is 5.56 Å². The third-order valence-electron chi connectivity index (χ3n) is 6.78. The number of halogens is 3. The van der Waals surface area contributed by atoms with Gasteiger partial charge < -0.3 is 24.6 Å². The molecule has 0 bridgehead atoms. The molecular weight excluding hydrogens is 573 g/mol. The Morgan fingerprint density at radius 1 is 1.16 bits per heavy atom. The van der Waals surface area contributed by atoms with Crippen LogP contribution in [-0.2, 0) is 30.4 Å². The molecule has 0 spiro atoms. The number of nitrogens with one attached hydrogen (secondary N) is 1. The molecule has 2 aromatic rings. The van der Waals surface area contributed by atoms with E-state index in [1.807, 2.05) is 19.2 Å². The number of aromatic hydroxyl groups is 1. The molecule has 228 valence electrons. The minimum atomic E-state index is -5.31. The van der Waals surface area contributed by atoms with Gasteiger partial charge in [0, 0.05) is 49.2 Å². The maximum Gasteiger partial charge on any atom is 0.491 e. The van der Waals surface area contributed by atoms with Gasteiger partial charge in [-0.15, -0.1) is 0 Å². The van der Waals surface area contributed by atoms with Crippen molar-refractivity contribution in [2.45, 2.75) is 50.6 Å². The maximum absolute atomic E-state index is 12.5. The van der Waals surface area contributed by atoms with Gasteiger partial charge in [-0.2, -0.15) is 13.2 Å². The van der Waals surface area contributed by atoms with Crippen LogP contribution in [0.5, 0.6) is 11.5 Å². The topological polar surface area (TPSA) is 131 Å². The molecule has 0 aromatic heterocycles. The lowest BCUT2D eigenvalue weighted by atomic mass is 9.95. The molecule has 0 fully saturated rings. The number of rotatable bonds is 10. The number of ether oxygens (including phenoxy) is 3. The predicted molar refractivity (Wildman–Crippen MR) is 147 cm³/mol. The number of hydrogen-bond donors (Lipinski definition) is 2. The first-order valence-electron chi connectivity index (χ1n) is 13.3. The Hall–Kier alpha value is -4.65.